The molecule has 0 atom stereocenters. The van der Waals surface area contributed by atoms with Gasteiger partial charge in [0.05, 0.1) is 12.2 Å². The normalized spacial score (nSPS) is 14.4. The van der Waals surface area contributed by atoms with Crippen molar-refractivity contribution in [3.05, 3.63) is 47.3 Å². The minimum Gasteiger partial charge on any atom is -0.364 e. The molecule has 0 bridgehead atoms. The van der Waals surface area contributed by atoms with Crippen LogP contribution >= 0.6 is 0 Å². The molecular weight excluding hydrogens is 238 g/mol. The third-order valence-electron chi connectivity index (χ3n) is 3.88. The van der Waals surface area contributed by atoms with Crippen molar-refractivity contribution in [2.45, 2.75) is 26.9 Å². The highest BCUT2D eigenvalue weighted by atomic mass is 16.5. The number of nitrogens with one attached hydrogen (secondary N) is 1. The molecule has 4 heteroatoms. The van der Waals surface area contributed by atoms with E-state index in [1.54, 1.807) is 0 Å². The van der Waals surface area contributed by atoms with Gasteiger partial charge in [0, 0.05) is 30.7 Å². The summed E-state index contributed by atoms with van der Waals surface area (Å²) in [6, 6.07) is 8.54. The van der Waals surface area contributed by atoms with Crippen LogP contribution < -0.4 is 10.4 Å². The van der Waals surface area contributed by atoms with E-state index in [1.807, 2.05) is 13.8 Å². The van der Waals surface area contributed by atoms with Gasteiger partial charge in [0.15, 0.2) is 0 Å². The number of benzene rings is 1. The van der Waals surface area contributed by atoms with Crippen molar-refractivity contribution in [1.82, 2.24) is 4.57 Å². The van der Waals surface area contributed by atoms with E-state index in [0.29, 0.717) is 0 Å². The topological polar surface area (TPSA) is 40.4 Å². The number of rotatable bonds is 2. The maximum absolute atomic E-state index is 9.14. The molecule has 0 fully saturated rings. The highest BCUT2D eigenvalue weighted by molar-refractivity contribution is 5.64. The fourth-order valence-corrected chi connectivity index (χ4v) is 2.83. The lowest BCUT2D eigenvalue weighted by Crippen LogP contribution is -2.33. The second-order valence-electron chi connectivity index (χ2n) is 5.18. The summed E-state index contributed by atoms with van der Waals surface area (Å²) in [5.74, 6) is 0. The zero-order chi connectivity index (χ0) is 13.4. The lowest BCUT2D eigenvalue weighted by Gasteiger charge is -2.31. The van der Waals surface area contributed by atoms with Gasteiger partial charge in [-0.05, 0) is 49.2 Å². The molecule has 2 heterocycles. The number of aryl methyl sites for hydroxylation is 2. The van der Waals surface area contributed by atoms with Crippen LogP contribution in [0.3, 0.4) is 0 Å². The van der Waals surface area contributed by atoms with Crippen molar-refractivity contribution in [1.29, 1.82) is 0 Å². The Kier molecular flexibility index (Phi) is 2.95. The van der Waals surface area contributed by atoms with Gasteiger partial charge in [0.1, 0.15) is 0 Å². The smallest absolute Gasteiger partial charge is 0.0661 e. The van der Waals surface area contributed by atoms with Crippen molar-refractivity contribution >= 4 is 11.4 Å². The Bertz CT molecular complexity index is 580. The molecule has 0 amide bonds. The lowest BCUT2D eigenvalue weighted by atomic mass is 10.1. The largest absolute Gasteiger partial charge is 0.364 e. The number of nitrogens with zero attached hydrogens (tertiary/aromatic N) is 2. The van der Waals surface area contributed by atoms with E-state index < -0.39 is 0 Å². The van der Waals surface area contributed by atoms with E-state index in [0.717, 1.165) is 36.4 Å². The first kappa shape index (κ1) is 12.1. The summed E-state index contributed by atoms with van der Waals surface area (Å²) in [7, 11) is 0. The molecule has 2 N–H and O–H groups in total. The standard InChI is InChI=1S/C15H19N3O/c1-11-8-14(9-12(2)15(11)16-19)18-7-6-17-5-3-4-13(17)10-18/h3-5,8-9,16,19H,6-7,10H2,1-2H3. The Morgan fingerprint density at radius 1 is 1.16 bits per heavy atom. The SMILES string of the molecule is Cc1cc(N2CCn3cccc3C2)cc(C)c1NO. The first-order valence-electron chi connectivity index (χ1n) is 6.59. The molecule has 0 aliphatic carbocycles. The molecule has 3 rings (SSSR count). The molecule has 100 valence electrons. The Labute approximate surface area is 113 Å². The summed E-state index contributed by atoms with van der Waals surface area (Å²) in [6.45, 7) is 7.02. The van der Waals surface area contributed by atoms with Crippen LogP contribution in [0.5, 0.6) is 0 Å². The quantitative estimate of drug-likeness (QED) is 0.813. The first-order chi connectivity index (χ1) is 9.19. The average Bonchev–Trinajstić information content (AvgIpc) is 2.85. The molecule has 1 aromatic carbocycles. The summed E-state index contributed by atoms with van der Waals surface area (Å²) in [5.41, 5.74) is 7.80. The number of hydrogen-bond acceptors (Lipinski definition) is 3. The van der Waals surface area contributed by atoms with Gasteiger partial charge in [-0.1, -0.05) is 0 Å². The fraction of sp³-hybridized carbons (Fsp3) is 0.333. The van der Waals surface area contributed by atoms with Crippen molar-refractivity contribution in [3.8, 4) is 0 Å². The summed E-state index contributed by atoms with van der Waals surface area (Å²) >= 11 is 0. The van der Waals surface area contributed by atoms with Gasteiger partial charge in [-0.2, -0.15) is 0 Å². The monoisotopic (exact) mass is 257 g/mol. The molecule has 1 aliphatic rings. The van der Waals surface area contributed by atoms with Gasteiger partial charge in [-0.3, -0.25) is 10.7 Å². The predicted molar refractivity (Wildman–Crippen MR) is 76.8 cm³/mol. The molecule has 0 spiro atoms. The molecule has 0 saturated carbocycles. The fourth-order valence-electron chi connectivity index (χ4n) is 2.83. The molecule has 0 unspecified atom stereocenters. The van der Waals surface area contributed by atoms with Crippen molar-refractivity contribution in [2.75, 3.05) is 16.9 Å². The highest BCUT2D eigenvalue weighted by Crippen LogP contribution is 2.28. The minimum absolute atomic E-state index is 0.809. The predicted octanol–water partition coefficient (Wildman–Crippen LogP) is 2.93. The van der Waals surface area contributed by atoms with E-state index in [4.69, 9.17) is 5.21 Å². The van der Waals surface area contributed by atoms with Crippen molar-refractivity contribution in [3.63, 3.8) is 0 Å². The van der Waals surface area contributed by atoms with Crippen LogP contribution in [0.2, 0.25) is 0 Å². The molecular formula is C15H19N3O. The maximum Gasteiger partial charge on any atom is 0.0661 e. The molecule has 1 aliphatic heterocycles. The number of hydrogen-bond donors (Lipinski definition) is 2. The van der Waals surface area contributed by atoms with E-state index in [-0.39, 0.29) is 0 Å². The summed E-state index contributed by atoms with van der Waals surface area (Å²) in [4.78, 5) is 2.39. The Hall–Kier alpha value is -1.94. The Morgan fingerprint density at radius 3 is 2.58 bits per heavy atom. The van der Waals surface area contributed by atoms with Crippen LogP contribution in [0.25, 0.3) is 0 Å². The van der Waals surface area contributed by atoms with Crippen LogP contribution in [0.4, 0.5) is 11.4 Å². The van der Waals surface area contributed by atoms with Gasteiger partial charge < -0.3 is 9.47 Å². The van der Waals surface area contributed by atoms with Gasteiger partial charge >= 0.3 is 0 Å². The minimum atomic E-state index is 0.809. The highest BCUT2D eigenvalue weighted by Gasteiger charge is 2.17. The van der Waals surface area contributed by atoms with Crippen LogP contribution in [-0.2, 0) is 13.1 Å². The van der Waals surface area contributed by atoms with Crippen molar-refractivity contribution in [2.24, 2.45) is 0 Å². The van der Waals surface area contributed by atoms with Crippen LogP contribution in [0.1, 0.15) is 16.8 Å². The summed E-state index contributed by atoms with van der Waals surface area (Å²) in [6.07, 6.45) is 2.14. The third-order valence-corrected chi connectivity index (χ3v) is 3.88. The maximum atomic E-state index is 9.14. The van der Waals surface area contributed by atoms with Crippen LogP contribution in [0.15, 0.2) is 30.5 Å². The average molecular weight is 257 g/mol. The van der Waals surface area contributed by atoms with E-state index >= 15 is 0 Å². The molecule has 1 aromatic heterocycles. The summed E-state index contributed by atoms with van der Waals surface area (Å²) in [5, 5.41) is 9.14. The molecule has 19 heavy (non-hydrogen) atoms. The third kappa shape index (κ3) is 2.08. The number of aromatic nitrogens is 1. The van der Waals surface area contributed by atoms with Crippen LogP contribution in [0, 0.1) is 13.8 Å². The van der Waals surface area contributed by atoms with Gasteiger partial charge in [0.2, 0.25) is 0 Å². The number of anilines is 2. The molecule has 0 radical (unpaired) electrons. The van der Waals surface area contributed by atoms with Gasteiger partial charge in [-0.15, -0.1) is 0 Å². The lowest BCUT2D eigenvalue weighted by molar-refractivity contribution is 0.388. The summed E-state index contributed by atoms with van der Waals surface area (Å²) < 4.78 is 2.31. The zero-order valence-electron chi connectivity index (χ0n) is 11.3. The molecule has 2 aromatic rings. The van der Waals surface area contributed by atoms with Crippen LogP contribution in [-0.4, -0.2) is 16.3 Å². The zero-order valence-corrected chi connectivity index (χ0v) is 11.3. The number of fused-ring (bicyclic) bond motifs is 1. The second kappa shape index (κ2) is 4.63. The van der Waals surface area contributed by atoms with E-state index in [1.165, 1.54) is 11.4 Å². The van der Waals surface area contributed by atoms with Crippen molar-refractivity contribution < 1.29 is 5.21 Å². The van der Waals surface area contributed by atoms with E-state index in [2.05, 4.69) is 45.4 Å². The second-order valence-corrected chi connectivity index (χ2v) is 5.18. The van der Waals surface area contributed by atoms with Gasteiger partial charge in [-0.25, -0.2) is 0 Å². The Balaban J connectivity index is 1.92. The molecule has 4 nitrogen and oxygen atoms in total. The molecule has 0 saturated heterocycles. The van der Waals surface area contributed by atoms with E-state index in [9.17, 15) is 0 Å². The first-order valence-corrected chi connectivity index (χ1v) is 6.59. The van der Waals surface area contributed by atoms with Gasteiger partial charge in [0.25, 0.3) is 0 Å². The Morgan fingerprint density at radius 2 is 1.89 bits per heavy atom.